The number of aliphatic hydroxyl groups is 5. The van der Waals surface area contributed by atoms with Crippen molar-refractivity contribution in [2.45, 2.75) is 249 Å². The molecule has 1 fully saturated rings. The highest BCUT2D eigenvalue weighted by Crippen LogP contribution is 2.47. The quantitative estimate of drug-likeness (QED) is 0.0147. The normalized spacial score (nSPS) is 22.2. The smallest absolute Gasteiger partial charge is 0.462 e. The molecule has 13 nitrogen and oxygen atoms in total. The van der Waals surface area contributed by atoms with Crippen molar-refractivity contribution in [1.82, 2.24) is 0 Å². The third-order valence-corrected chi connectivity index (χ3v) is 12.3. The third kappa shape index (κ3) is 30.2. The number of ether oxygens (including phenoxy) is 2. The SMILES string of the molecule is CCCCC/C=C\C/C=C\CCCCCCCCCC(=O)OC[C@H](COP(=O)(O)OC1C(O)C(O)C(O)[C@@H](O)C1O)OC(=O)CCCCCCCCCCCCCCCCC. The van der Waals surface area contributed by atoms with Crippen LogP contribution in [0.15, 0.2) is 24.3 Å². The van der Waals surface area contributed by atoms with Crippen LogP contribution in [0.3, 0.4) is 0 Å². The number of aliphatic hydroxyl groups excluding tert-OH is 5. The first-order valence-corrected chi connectivity index (χ1v) is 25.6. The van der Waals surface area contributed by atoms with Gasteiger partial charge >= 0.3 is 19.8 Å². The van der Waals surface area contributed by atoms with Gasteiger partial charge in [0.15, 0.2) is 6.10 Å². The van der Waals surface area contributed by atoms with E-state index in [1.54, 1.807) is 0 Å². The van der Waals surface area contributed by atoms with E-state index in [-0.39, 0.29) is 12.8 Å². The van der Waals surface area contributed by atoms with Gasteiger partial charge < -0.3 is 39.9 Å². The van der Waals surface area contributed by atoms with Gasteiger partial charge in [-0.05, 0) is 44.9 Å². The minimum atomic E-state index is -5.12. The Morgan fingerprint density at radius 2 is 0.885 bits per heavy atom. The third-order valence-electron chi connectivity index (χ3n) is 11.3. The van der Waals surface area contributed by atoms with Gasteiger partial charge in [-0.2, -0.15) is 0 Å². The molecule has 6 N–H and O–H groups in total. The van der Waals surface area contributed by atoms with Crippen LogP contribution in [-0.2, 0) is 32.7 Å². The van der Waals surface area contributed by atoms with Gasteiger partial charge in [0.2, 0.25) is 0 Å². The summed E-state index contributed by atoms with van der Waals surface area (Å²) in [5.41, 5.74) is 0. The van der Waals surface area contributed by atoms with Gasteiger partial charge in [-0.15, -0.1) is 0 Å². The number of phosphoric ester groups is 1. The van der Waals surface area contributed by atoms with E-state index < -0.39 is 75.7 Å². The second-order valence-corrected chi connectivity index (χ2v) is 18.4. The average molecular weight is 891 g/mol. The summed E-state index contributed by atoms with van der Waals surface area (Å²) in [4.78, 5) is 35.7. The Morgan fingerprint density at radius 1 is 0.508 bits per heavy atom. The minimum Gasteiger partial charge on any atom is -0.462 e. The predicted molar refractivity (Wildman–Crippen MR) is 240 cm³/mol. The maximum Gasteiger partial charge on any atom is 0.472 e. The molecule has 1 saturated carbocycles. The van der Waals surface area contributed by atoms with E-state index in [0.717, 1.165) is 64.2 Å². The molecular formula is C47H87O13P. The molecule has 0 heterocycles. The number of esters is 2. The Hall–Kier alpha value is -1.67. The Morgan fingerprint density at radius 3 is 1.36 bits per heavy atom. The van der Waals surface area contributed by atoms with Crippen LogP contribution in [0, 0.1) is 0 Å². The van der Waals surface area contributed by atoms with Crippen molar-refractivity contribution < 1.29 is 63.1 Å². The van der Waals surface area contributed by atoms with Gasteiger partial charge in [0.05, 0.1) is 6.61 Å². The molecule has 8 atom stereocenters. The van der Waals surface area contributed by atoms with Gasteiger partial charge in [0.1, 0.15) is 43.2 Å². The molecule has 61 heavy (non-hydrogen) atoms. The molecule has 0 spiro atoms. The summed E-state index contributed by atoms with van der Waals surface area (Å²) in [6.45, 7) is 3.28. The van der Waals surface area contributed by atoms with Crippen LogP contribution in [-0.4, -0.2) is 98.3 Å². The second-order valence-electron chi connectivity index (χ2n) is 17.0. The molecule has 0 aliphatic heterocycles. The van der Waals surface area contributed by atoms with Gasteiger partial charge in [-0.3, -0.25) is 18.6 Å². The molecule has 0 aromatic heterocycles. The van der Waals surface area contributed by atoms with Crippen LogP contribution in [0.1, 0.15) is 206 Å². The lowest BCUT2D eigenvalue weighted by molar-refractivity contribution is -0.220. The summed E-state index contributed by atoms with van der Waals surface area (Å²) in [5, 5.41) is 50.2. The molecule has 0 bridgehead atoms. The summed E-state index contributed by atoms with van der Waals surface area (Å²) in [6, 6.07) is 0. The standard InChI is InChI=1S/C47H87O13P/c1-3-5-7-9-11-13-15-17-19-20-22-23-25-27-29-31-33-35-40(48)57-37-39(38-58-61(55,56)60-47-45(53)43(51)42(50)44(52)46(47)54)59-41(49)36-34-32-30-28-26-24-21-18-16-14-12-10-8-6-4-2/h11,13,17,19,39,42-47,50-54H,3-10,12,14-16,18,20-38H2,1-2H3,(H,55,56)/b13-11-,19-17-/t39-,42?,43-,44?,45?,46?,47?/m1/s1. The number of carbonyl (C=O) groups is 2. The number of carbonyl (C=O) groups excluding carboxylic acids is 2. The monoisotopic (exact) mass is 891 g/mol. The molecule has 0 aromatic rings. The van der Waals surface area contributed by atoms with Crippen LogP contribution in [0.5, 0.6) is 0 Å². The van der Waals surface area contributed by atoms with E-state index >= 15 is 0 Å². The summed E-state index contributed by atoms with van der Waals surface area (Å²) in [5.74, 6) is -1.10. The summed E-state index contributed by atoms with van der Waals surface area (Å²) in [7, 11) is -5.12. The highest BCUT2D eigenvalue weighted by Gasteiger charge is 2.51. The lowest BCUT2D eigenvalue weighted by Gasteiger charge is -2.41. The second kappa shape index (κ2) is 37.7. The fourth-order valence-electron chi connectivity index (χ4n) is 7.38. The molecule has 1 aliphatic rings. The molecule has 0 saturated heterocycles. The van der Waals surface area contributed by atoms with Crippen LogP contribution in [0.25, 0.3) is 0 Å². The van der Waals surface area contributed by atoms with Crippen molar-refractivity contribution in [3.05, 3.63) is 24.3 Å². The first-order valence-electron chi connectivity index (χ1n) is 24.1. The van der Waals surface area contributed by atoms with Crippen molar-refractivity contribution in [3.8, 4) is 0 Å². The highest BCUT2D eigenvalue weighted by molar-refractivity contribution is 7.47. The topological polar surface area (TPSA) is 210 Å². The first kappa shape index (κ1) is 57.3. The zero-order chi connectivity index (χ0) is 45.0. The van der Waals surface area contributed by atoms with Gasteiger partial charge in [-0.1, -0.05) is 173 Å². The van der Waals surface area contributed by atoms with Crippen LogP contribution < -0.4 is 0 Å². The predicted octanol–water partition coefficient (Wildman–Crippen LogP) is 9.62. The molecule has 1 rings (SSSR count). The fourth-order valence-corrected chi connectivity index (χ4v) is 8.35. The van der Waals surface area contributed by atoms with Gasteiger partial charge in [-0.25, -0.2) is 4.57 Å². The minimum absolute atomic E-state index is 0.0993. The summed E-state index contributed by atoms with van der Waals surface area (Å²) in [6.07, 6.45) is 27.9. The highest BCUT2D eigenvalue weighted by atomic mass is 31.2. The Labute approximate surface area is 368 Å². The van der Waals surface area contributed by atoms with Crippen molar-refractivity contribution in [3.63, 3.8) is 0 Å². The molecular weight excluding hydrogens is 803 g/mol. The number of phosphoric acid groups is 1. The Balaban J connectivity index is 2.43. The zero-order valence-electron chi connectivity index (χ0n) is 38.0. The van der Waals surface area contributed by atoms with Gasteiger partial charge in [0, 0.05) is 12.8 Å². The molecule has 358 valence electrons. The molecule has 1 aliphatic carbocycles. The van der Waals surface area contributed by atoms with Crippen molar-refractivity contribution in [1.29, 1.82) is 0 Å². The Kier molecular flexibility index (Phi) is 35.4. The number of rotatable bonds is 40. The fraction of sp³-hybridized carbons (Fsp3) is 0.872. The maximum atomic E-state index is 12.8. The summed E-state index contributed by atoms with van der Waals surface area (Å²) >= 11 is 0. The molecule has 0 amide bonds. The number of unbranched alkanes of at least 4 members (excludes halogenated alkanes) is 24. The number of hydrogen-bond donors (Lipinski definition) is 6. The molecule has 14 heteroatoms. The van der Waals surface area contributed by atoms with E-state index in [9.17, 15) is 44.6 Å². The lowest BCUT2D eigenvalue weighted by Crippen LogP contribution is -2.64. The van der Waals surface area contributed by atoms with E-state index in [0.29, 0.717) is 12.8 Å². The van der Waals surface area contributed by atoms with E-state index in [1.807, 2.05) is 0 Å². The largest absolute Gasteiger partial charge is 0.472 e. The van der Waals surface area contributed by atoms with E-state index in [4.69, 9.17) is 18.5 Å². The van der Waals surface area contributed by atoms with Crippen molar-refractivity contribution >= 4 is 19.8 Å². The van der Waals surface area contributed by atoms with Crippen molar-refractivity contribution in [2.75, 3.05) is 13.2 Å². The first-order chi connectivity index (χ1) is 29.4. The van der Waals surface area contributed by atoms with Crippen LogP contribution >= 0.6 is 7.82 Å². The number of hydrogen-bond acceptors (Lipinski definition) is 12. The lowest BCUT2D eigenvalue weighted by atomic mass is 9.85. The van der Waals surface area contributed by atoms with Crippen LogP contribution in [0.4, 0.5) is 0 Å². The van der Waals surface area contributed by atoms with E-state index in [2.05, 4.69) is 38.2 Å². The molecule has 0 aromatic carbocycles. The maximum absolute atomic E-state index is 12.8. The Bertz CT molecular complexity index is 1170. The van der Waals surface area contributed by atoms with E-state index in [1.165, 1.54) is 103 Å². The summed E-state index contributed by atoms with van der Waals surface area (Å²) < 4.78 is 33.6. The molecule has 0 radical (unpaired) electrons. The van der Waals surface area contributed by atoms with Crippen molar-refractivity contribution in [2.24, 2.45) is 0 Å². The number of allylic oxidation sites excluding steroid dienone is 4. The zero-order valence-corrected chi connectivity index (χ0v) is 38.9. The average Bonchev–Trinajstić information content (AvgIpc) is 3.24. The van der Waals surface area contributed by atoms with Crippen LogP contribution in [0.2, 0.25) is 0 Å². The van der Waals surface area contributed by atoms with Gasteiger partial charge in [0.25, 0.3) is 0 Å². The molecule has 6 unspecified atom stereocenters.